The van der Waals surface area contributed by atoms with Crippen LogP contribution in [0, 0.1) is 0 Å². The molecule has 17 heavy (non-hydrogen) atoms. The van der Waals surface area contributed by atoms with Gasteiger partial charge in [-0.3, -0.25) is 0 Å². The van der Waals surface area contributed by atoms with Crippen molar-refractivity contribution in [1.82, 2.24) is 0 Å². The highest BCUT2D eigenvalue weighted by Crippen LogP contribution is 2.24. The van der Waals surface area contributed by atoms with Gasteiger partial charge in [-0.25, -0.2) is 0 Å². The quantitative estimate of drug-likeness (QED) is 0.901. The van der Waals surface area contributed by atoms with Crippen molar-refractivity contribution in [3.05, 3.63) is 58.1 Å². The van der Waals surface area contributed by atoms with Crippen molar-refractivity contribution in [2.75, 3.05) is 0 Å². The molecule has 0 saturated carbocycles. The highest BCUT2D eigenvalue weighted by molar-refractivity contribution is 6.42. The second kappa shape index (κ2) is 5.30. The Hall–Kier alpha value is -1.38. The molecule has 0 aliphatic heterocycles. The summed E-state index contributed by atoms with van der Waals surface area (Å²) < 4.78 is 5.51. The molecule has 0 heterocycles. The molecule has 2 aromatic carbocycles. The lowest BCUT2D eigenvalue weighted by atomic mass is 10.2. The molecule has 0 radical (unpaired) electrons. The average Bonchev–Trinajstić information content (AvgIpc) is 2.31. The molecule has 88 valence electrons. The molecule has 2 aromatic rings. The Kier molecular flexibility index (Phi) is 3.77. The van der Waals surface area contributed by atoms with Crippen LogP contribution in [0.15, 0.2) is 42.5 Å². The Morgan fingerprint density at radius 2 is 1.82 bits per heavy atom. The first kappa shape index (κ1) is 12.1. The molecular weight excluding hydrogens is 259 g/mol. The van der Waals surface area contributed by atoms with Crippen LogP contribution in [0.2, 0.25) is 10.0 Å². The Morgan fingerprint density at radius 3 is 2.53 bits per heavy atom. The zero-order valence-corrected chi connectivity index (χ0v) is 10.4. The molecular formula is C13H10Cl2O2. The van der Waals surface area contributed by atoms with E-state index in [1.54, 1.807) is 36.4 Å². The fourth-order valence-corrected chi connectivity index (χ4v) is 1.69. The summed E-state index contributed by atoms with van der Waals surface area (Å²) >= 11 is 11.7. The number of ether oxygens (including phenoxy) is 1. The number of aromatic hydroxyl groups is 1. The van der Waals surface area contributed by atoms with E-state index in [1.165, 1.54) is 0 Å². The van der Waals surface area contributed by atoms with Gasteiger partial charge in [0.2, 0.25) is 0 Å². The molecule has 0 aromatic heterocycles. The van der Waals surface area contributed by atoms with Gasteiger partial charge in [0.05, 0.1) is 10.0 Å². The van der Waals surface area contributed by atoms with E-state index >= 15 is 0 Å². The molecule has 0 unspecified atom stereocenters. The van der Waals surface area contributed by atoms with Gasteiger partial charge in [0, 0.05) is 6.07 Å². The fraction of sp³-hybridized carbons (Fsp3) is 0.0769. The van der Waals surface area contributed by atoms with Crippen LogP contribution >= 0.6 is 23.2 Å². The summed E-state index contributed by atoms with van der Waals surface area (Å²) in [6, 6.07) is 12.0. The van der Waals surface area contributed by atoms with Crippen LogP contribution in [0.25, 0.3) is 0 Å². The Balaban J connectivity index is 2.05. The molecule has 0 saturated heterocycles. The predicted octanol–water partition coefficient (Wildman–Crippen LogP) is 4.28. The maximum Gasteiger partial charge on any atom is 0.123 e. The molecule has 0 spiro atoms. The van der Waals surface area contributed by atoms with E-state index in [9.17, 15) is 5.11 Å². The second-order valence-electron chi connectivity index (χ2n) is 3.53. The van der Waals surface area contributed by atoms with E-state index in [1.807, 2.05) is 6.07 Å². The molecule has 0 bridgehead atoms. The Labute approximate surface area is 109 Å². The van der Waals surface area contributed by atoms with Gasteiger partial charge in [0.1, 0.15) is 18.1 Å². The number of hydrogen-bond donors (Lipinski definition) is 1. The SMILES string of the molecule is Oc1cccc(OCc2ccc(Cl)c(Cl)c2)c1. The number of benzene rings is 2. The van der Waals surface area contributed by atoms with E-state index in [0.29, 0.717) is 22.4 Å². The molecule has 0 amide bonds. The Morgan fingerprint density at radius 1 is 1.00 bits per heavy atom. The third-order valence-corrected chi connectivity index (χ3v) is 2.95. The van der Waals surface area contributed by atoms with Gasteiger partial charge < -0.3 is 9.84 Å². The summed E-state index contributed by atoms with van der Waals surface area (Å²) in [5, 5.41) is 10.3. The topological polar surface area (TPSA) is 29.5 Å². The van der Waals surface area contributed by atoms with Crippen LogP contribution in [-0.2, 0) is 6.61 Å². The van der Waals surface area contributed by atoms with Gasteiger partial charge in [-0.05, 0) is 29.8 Å². The third kappa shape index (κ3) is 3.29. The first-order valence-corrected chi connectivity index (χ1v) is 5.76. The molecule has 0 fully saturated rings. The lowest BCUT2D eigenvalue weighted by molar-refractivity contribution is 0.304. The largest absolute Gasteiger partial charge is 0.508 e. The second-order valence-corrected chi connectivity index (χ2v) is 4.35. The lowest BCUT2D eigenvalue weighted by Crippen LogP contribution is -1.95. The zero-order chi connectivity index (χ0) is 12.3. The number of hydrogen-bond acceptors (Lipinski definition) is 2. The van der Waals surface area contributed by atoms with Crippen LogP contribution < -0.4 is 4.74 Å². The number of halogens is 2. The van der Waals surface area contributed by atoms with E-state index in [2.05, 4.69) is 0 Å². The van der Waals surface area contributed by atoms with Gasteiger partial charge >= 0.3 is 0 Å². The molecule has 0 atom stereocenters. The van der Waals surface area contributed by atoms with Gasteiger partial charge in [0.25, 0.3) is 0 Å². The fourth-order valence-electron chi connectivity index (χ4n) is 1.37. The molecule has 4 heteroatoms. The summed E-state index contributed by atoms with van der Waals surface area (Å²) in [6.45, 7) is 0.375. The average molecular weight is 269 g/mol. The van der Waals surface area contributed by atoms with Gasteiger partial charge in [-0.15, -0.1) is 0 Å². The number of phenolic OH excluding ortho intramolecular Hbond substituents is 1. The summed E-state index contributed by atoms with van der Waals surface area (Å²) in [5.41, 5.74) is 0.919. The molecule has 0 aliphatic carbocycles. The normalized spacial score (nSPS) is 10.2. The van der Waals surface area contributed by atoms with Crippen LogP contribution in [0.5, 0.6) is 11.5 Å². The van der Waals surface area contributed by atoms with E-state index in [0.717, 1.165) is 5.56 Å². The molecule has 2 nitrogen and oxygen atoms in total. The monoisotopic (exact) mass is 268 g/mol. The van der Waals surface area contributed by atoms with Crippen molar-refractivity contribution >= 4 is 23.2 Å². The van der Waals surface area contributed by atoms with Crippen molar-refractivity contribution in [3.63, 3.8) is 0 Å². The van der Waals surface area contributed by atoms with Crippen LogP contribution in [0.1, 0.15) is 5.56 Å². The third-order valence-electron chi connectivity index (χ3n) is 2.21. The predicted molar refractivity (Wildman–Crippen MR) is 68.9 cm³/mol. The first-order chi connectivity index (χ1) is 8.15. The smallest absolute Gasteiger partial charge is 0.123 e. The van der Waals surface area contributed by atoms with Gasteiger partial charge in [0.15, 0.2) is 0 Å². The van der Waals surface area contributed by atoms with E-state index in [-0.39, 0.29) is 5.75 Å². The van der Waals surface area contributed by atoms with Crippen LogP contribution in [-0.4, -0.2) is 5.11 Å². The van der Waals surface area contributed by atoms with Crippen molar-refractivity contribution in [2.45, 2.75) is 6.61 Å². The minimum atomic E-state index is 0.177. The first-order valence-electron chi connectivity index (χ1n) is 5.01. The van der Waals surface area contributed by atoms with Crippen LogP contribution in [0.3, 0.4) is 0 Å². The minimum Gasteiger partial charge on any atom is -0.508 e. The molecule has 2 rings (SSSR count). The van der Waals surface area contributed by atoms with Crippen LogP contribution in [0.4, 0.5) is 0 Å². The van der Waals surface area contributed by atoms with Crippen molar-refractivity contribution in [3.8, 4) is 11.5 Å². The highest BCUT2D eigenvalue weighted by atomic mass is 35.5. The summed E-state index contributed by atoms with van der Waals surface area (Å²) in [6.07, 6.45) is 0. The maximum absolute atomic E-state index is 9.27. The molecule has 0 aliphatic rings. The minimum absolute atomic E-state index is 0.177. The van der Waals surface area contributed by atoms with E-state index < -0.39 is 0 Å². The van der Waals surface area contributed by atoms with E-state index in [4.69, 9.17) is 27.9 Å². The molecule has 1 N–H and O–H groups in total. The van der Waals surface area contributed by atoms with Crippen molar-refractivity contribution in [1.29, 1.82) is 0 Å². The van der Waals surface area contributed by atoms with Gasteiger partial charge in [-0.1, -0.05) is 35.3 Å². The Bertz CT molecular complexity index is 527. The number of rotatable bonds is 3. The summed E-state index contributed by atoms with van der Waals surface area (Å²) in [4.78, 5) is 0. The van der Waals surface area contributed by atoms with Crippen molar-refractivity contribution in [2.24, 2.45) is 0 Å². The van der Waals surface area contributed by atoms with Gasteiger partial charge in [-0.2, -0.15) is 0 Å². The number of phenols is 1. The summed E-state index contributed by atoms with van der Waals surface area (Å²) in [7, 11) is 0. The highest BCUT2D eigenvalue weighted by Gasteiger charge is 2.01. The van der Waals surface area contributed by atoms with Crippen molar-refractivity contribution < 1.29 is 9.84 Å². The lowest BCUT2D eigenvalue weighted by Gasteiger charge is -2.07. The summed E-state index contributed by atoms with van der Waals surface area (Å²) in [5.74, 6) is 0.785. The standard InChI is InChI=1S/C13H10Cl2O2/c14-12-5-4-9(6-13(12)15)8-17-11-3-1-2-10(16)7-11/h1-7,16H,8H2. The maximum atomic E-state index is 9.27. The zero-order valence-electron chi connectivity index (χ0n) is 8.86.